The van der Waals surface area contributed by atoms with Crippen molar-refractivity contribution in [2.45, 2.75) is 0 Å². The maximum absolute atomic E-state index is 14.0. The van der Waals surface area contributed by atoms with Crippen LogP contribution in [0.4, 0.5) is 5.69 Å². The molecule has 0 atom stereocenters. The summed E-state index contributed by atoms with van der Waals surface area (Å²) < 4.78 is 0. The van der Waals surface area contributed by atoms with Crippen molar-refractivity contribution in [1.29, 1.82) is 0 Å². The summed E-state index contributed by atoms with van der Waals surface area (Å²) in [6, 6.07) is 43.9. The molecular formula is C36H23N3OS. The molecule has 0 bridgehead atoms. The number of aliphatic imine (C=N–C) groups is 1. The molecule has 7 aromatic rings. The molecule has 2 aromatic heterocycles. The van der Waals surface area contributed by atoms with Crippen molar-refractivity contribution in [2.24, 2.45) is 4.99 Å². The van der Waals surface area contributed by atoms with E-state index in [9.17, 15) is 4.79 Å². The summed E-state index contributed by atoms with van der Waals surface area (Å²) in [4.78, 5) is 20.2. The lowest BCUT2D eigenvalue weighted by atomic mass is 9.96. The number of hydrogen-bond donors (Lipinski definition) is 0. The third kappa shape index (κ3) is 4.62. The Morgan fingerprint density at radius 1 is 0.659 bits per heavy atom. The molecule has 41 heavy (non-hydrogen) atoms. The van der Waals surface area contributed by atoms with Crippen LogP contribution in [0.3, 0.4) is 0 Å². The number of aromatic nitrogens is 2. The number of ketones is 1. The fourth-order valence-electron chi connectivity index (χ4n) is 5.15. The van der Waals surface area contributed by atoms with Crippen molar-refractivity contribution in [3.8, 4) is 22.4 Å². The van der Waals surface area contributed by atoms with Crippen molar-refractivity contribution in [3.05, 3.63) is 149 Å². The second kappa shape index (κ2) is 10.7. The molecule has 5 aromatic carbocycles. The van der Waals surface area contributed by atoms with Crippen molar-refractivity contribution >= 4 is 50.0 Å². The van der Waals surface area contributed by atoms with Gasteiger partial charge in [0.25, 0.3) is 0 Å². The SMILES string of the molecule is O=C(c1ccccc1)c1sc2nnc(-c3ccccc3)c(-c3ccccc3)c2c1N=Cc1cccc2ccccc12. The highest BCUT2D eigenvalue weighted by Crippen LogP contribution is 2.46. The quantitative estimate of drug-likeness (QED) is 0.155. The van der Waals surface area contributed by atoms with Crippen LogP contribution in [-0.2, 0) is 0 Å². The van der Waals surface area contributed by atoms with E-state index in [2.05, 4.69) is 35.4 Å². The number of rotatable bonds is 6. The van der Waals surface area contributed by atoms with E-state index in [0.717, 1.165) is 44.1 Å². The Bertz CT molecular complexity index is 2040. The van der Waals surface area contributed by atoms with Gasteiger partial charge in [0.05, 0.1) is 5.69 Å². The standard InChI is InChI=1S/C36H23N3OS/c40-34(27-18-8-3-9-19-27)35-33(37-23-28-21-12-20-24-13-10-11-22-29(24)28)31-30(25-14-4-1-5-15-25)32(38-39-36(31)41-35)26-16-6-2-7-17-26/h1-23H. The smallest absolute Gasteiger partial charge is 0.205 e. The van der Waals surface area contributed by atoms with E-state index in [1.54, 1.807) is 0 Å². The average molecular weight is 546 g/mol. The molecule has 0 fully saturated rings. The molecular weight excluding hydrogens is 522 g/mol. The van der Waals surface area contributed by atoms with Crippen molar-refractivity contribution in [2.75, 3.05) is 0 Å². The van der Waals surface area contributed by atoms with Crippen molar-refractivity contribution < 1.29 is 4.79 Å². The van der Waals surface area contributed by atoms with Crippen LogP contribution in [0, 0.1) is 0 Å². The average Bonchev–Trinajstić information content (AvgIpc) is 3.42. The van der Waals surface area contributed by atoms with Gasteiger partial charge in [0.2, 0.25) is 5.78 Å². The van der Waals surface area contributed by atoms with Gasteiger partial charge in [-0.05, 0) is 16.3 Å². The molecule has 5 heteroatoms. The summed E-state index contributed by atoms with van der Waals surface area (Å²) in [5, 5.41) is 12.4. The van der Waals surface area contributed by atoms with Crippen LogP contribution in [0.1, 0.15) is 20.8 Å². The molecule has 0 N–H and O–H groups in total. The van der Waals surface area contributed by atoms with Crippen LogP contribution in [-0.4, -0.2) is 22.2 Å². The lowest BCUT2D eigenvalue weighted by Crippen LogP contribution is -1.98. The van der Waals surface area contributed by atoms with Crippen molar-refractivity contribution in [1.82, 2.24) is 10.2 Å². The summed E-state index contributed by atoms with van der Waals surface area (Å²) in [7, 11) is 0. The van der Waals surface area contributed by atoms with E-state index in [-0.39, 0.29) is 5.78 Å². The number of fused-ring (bicyclic) bond motifs is 2. The highest BCUT2D eigenvalue weighted by molar-refractivity contribution is 7.21. The summed E-state index contributed by atoms with van der Waals surface area (Å²) in [6.07, 6.45) is 1.86. The van der Waals surface area contributed by atoms with Gasteiger partial charge >= 0.3 is 0 Å². The lowest BCUT2D eigenvalue weighted by molar-refractivity contribution is 0.104. The van der Waals surface area contributed by atoms with E-state index in [1.165, 1.54) is 11.3 Å². The molecule has 0 radical (unpaired) electrons. The minimum atomic E-state index is -0.0843. The molecule has 2 heterocycles. The maximum atomic E-state index is 14.0. The molecule has 0 amide bonds. The summed E-state index contributed by atoms with van der Waals surface area (Å²) >= 11 is 1.34. The van der Waals surface area contributed by atoms with Gasteiger partial charge in [-0.3, -0.25) is 9.79 Å². The third-order valence-corrected chi connectivity index (χ3v) is 8.16. The number of nitrogens with zero attached hydrogens (tertiary/aromatic N) is 3. The maximum Gasteiger partial charge on any atom is 0.205 e. The lowest BCUT2D eigenvalue weighted by Gasteiger charge is -2.11. The first-order valence-corrected chi connectivity index (χ1v) is 14.1. The van der Waals surface area contributed by atoms with Crippen molar-refractivity contribution in [3.63, 3.8) is 0 Å². The fraction of sp³-hybridized carbons (Fsp3) is 0. The molecule has 7 rings (SSSR count). The van der Waals surface area contributed by atoms with E-state index < -0.39 is 0 Å². The Morgan fingerprint density at radius 2 is 1.29 bits per heavy atom. The summed E-state index contributed by atoms with van der Waals surface area (Å²) in [6.45, 7) is 0. The number of benzene rings is 5. The molecule has 194 valence electrons. The van der Waals surface area contributed by atoms with E-state index in [0.29, 0.717) is 21.0 Å². The number of hydrogen-bond acceptors (Lipinski definition) is 5. The highest BCUT2D eigenvalue weighted by atomic mass is 32.1. The zero-order valence-corrected chi connectivity index (χ0v) is 22.8. The topological polar surface area (TPSA) is 55.2 Å². The van der Waals surface area contributed by atoms with Gasteiger partial charge in [0.1, 0.15) is 15.4 Å². The molecule has 4 nitrogen and oxygen atoms in total. The Morgan fingerprint density at radius 3 is 2.05 bits per heavy atom. The van der Waals surface area contributed by atoms with Crippen LogP contribution in [0.25, 0.3) is 43.4 Å². The van der Waals surface area contributed by atoms with Crippen LogP contribution in [0.15, 0.2) is 138 Å². The van der Waals surface area contributed by atoms with Gasteiger partial charge < -0.3 is 0 Å². The molecule has 0 saturated carbocycles. The van der Waals surface area contributed by atoms with Crippen LogP contribution >= 0.6 is 11.3 Å². The predicted molar refractivity (Wildman–Crippen MR) is 169 cm³/mol. The number of carbonyl (C=O) groups is 1. The number of thiophene rings is 1. The molecule has 0 saturated heterocycles. The molecule has 0 spiro atoms. The minimum Gasteiger partial charge on any atom is -0.288 e. The summed E-state index contributed by atoms with van der Waals surface area (Å²) in [5.74, 6) is -0.0843. The first-order valence-electron chi connectivity index (χ1n) is 13.3. The first-order chi connectivity index (χ1) is 20.3. The Kier molecular flexibility index (Phi) is 6.47. The fourth-order valence-corrected chi connectivity index (χ4v) is 6.19. The molecule has 0 aliphatic rings. The van der Waals surface area contributed by atoms with Crippen LogP contribution < -0.4 is 0 Å². The zero-order valence-electron chi connectivity index (χ0n) is 21.9. The second-order valence-electron chi connectivity index (χ2n) is 9.64. The normalized spacial score (nSPS) is 11.4. The van der Waals surface area contributed by atoms with Gasteiger partial charge in [0, 0.05) is 33.9 Å². The minimum absolute atomic E-state index is 0.0843. The van der Waals surface area contributed by atoms with Gasteiger partial charge in [-0.25, -0.2) is 0 Å². The molecule has 0 aliphatic heterocycles. The van der Waals surface area contributed by atoms with Gasteiger partial charge in [0.15, 0.2) is 0 Å². The largest absolute Gasteiger partial charge is 0.288 e. The second-order valence-corrected chi connectivity index (χ2v) is 10.6. The van der Waals surface area contributed by atoms with E-state index in [1.807, 2.05) is 109 Å². The Labute approximate surface area is 241 Å². The molecule has 0 unspecified atom stereocenters. The highest BCUT2D eigenvalue weighted by Gasteiger charge is 2.25. The first kappa shape index (κ1) is 24.8. The Balaban J connectivity index is 1.54. The zero-order chi connectivity index (χ0) is 27.6. The monoisotopic (exact) mass is 545 g/mol. The van der Waals surface area contributed by atoms with Gasteiger partial charge in [-0.1, -0.05) is 133 Å². The molecule has 0 aliphatic carbocycles. The van der Waals surface area contributed by atoms with E-state index in [4.69, 9.17) is 10.1 Å². The predicted octanol–water partition coefficient (Wildman–Crippen LogP) is 9.16. The number of carbonyl (C=O) groups excluding carboxylic acids is 1. The summed E-state index contributed by atoms with van der Waals surface area (Å²) in [5.41, 5.74) is 5.80. The van der Waals surface area contributed by atoms with Gasteiger partial charge in [-0.15, -0.1) is 21.5 Å². The van der Waals surface area contributed by atoms with E-state index >= 15 is 0 Å². The van der Waals surface area contributed by atoms with Crippen LogP contribution in [0.5, 0.6) is 0 Å². The third-order valence-electron chi connectivity index (χ3n) is 7.10. The van der Waals surface area contributed by atoms with Crippen LogP contribution in [0.2, 0.25) is 0 Å². The Hall–Kier alpha value is -5.26. The van der Waals surface area contributed by atoms with Gasteiger partial charge in [-0.2, -0.15) is 0 Å².